The Kier molecular flexibility index (Phi) is 26.4. The van der Waals surface area contributed by atoms with Gasteiger partial charge in [-0.2, -0.15) is 0 Å². The summed E-state index contributed by atoms with van der Waals surface area (Å²) in [5, 5.41) is 0. The van der Waals surface area contributed by atoms with Gasteiger partial charge < -0.3 is 51.8 Å². The first kappa shape index (κ1) is 34.4. The average molecular weight is 405 g/mol. The maximum atomic E-state index is 9.75. The third kappa shape index (κ3) is 521. The fourth-order valence-corrected chi connectivity index (χ4v) is 0.436. The molecule has 0 aliphatic carbocycles. The molecule has 0 unspecified atom stereocenters. The van der Waals surface area contributed by atoms with Crippen LogP contribution in [0.1, 0.15) is 13.8 Å². The van der Waals surface area contributed by atoms with Crippen molar-refractivity contribution >= 4 is 84.7 Å². The van der Waals surface area contributed by atoms with E-state index in [-0.39, 0.29) is 51.4 Å². The van der Waals surface area contributed by atoms with Gasteiger partial charge in [-0.3, -0.25) is 0 Å². The molecule has 0 amide bonds. The zero-order valence-corrected chi connectivity index (χ0v) is 11.1. The minimum absolute atomic E-state index is 0. The topological polar surface area (TPSA) is 0 Å². The van der Waals surface area contributed by atoms with Crippen molar-refractivity contribution in [2.75, 3.05) is 0 Å². The molecular formula is C5H10B3ClF12K-3. The fraction of sp³-hybridized carbons (Fsp3) is 0.600. The number of hydrogen-bond acceptors (Lipinski definition) is 0. The molecule has 22 heavy (non-hydrogen) atoms. The van der Waals surface area contributed by atoms with Crippen molar-refractivity contribution in [2.24, 2.45) is 5.92 Å². The fourth-order valence-electron chi connectivity index (χ4n) is 0.145. The molecule has 0 saturated carbocycles. The average Bonchev–Trinajstić information content (AvgIpc) is 1.91. The molecule has 0 aromatic carbocycles. The Bertz CT molecular complexity index is 202. The van der Waals surface area contributed by atoms with E-state index in [1.54, 1.807) is 5.54 Å². The molecule has 0 radical (unpaired) electrons. The molecule has 17 heteroatoms. The predicted octanol–water partition coefficient (Wildman–Crippen LogP) is 5.65. The maximum absolute atomic E-state index is 9.75. The second-order valence-electron chi connectivity index (χ2n) is 3.05. The van der Waals surface area contributed by atoms with Gasteiger partial charge in [0.15, 0.2) is 0 Å². The first-order chi connectivity index (χ1) is 8.77. The first-order valence-corrected chi connectivity index (χ1v) is 5.09. The number of hydrogen-bond donors (Lipinski definition) is 0. The summed E-state index contributed by atoms with van der Waals surface area (Å²) in [5.41, 5.74) is 1.55. The van der Waals surface area contributed by atoms with E-state index in [0.29, 0.717) is 5.92 Å². The zero-order chi connectivity index (χ0) is 18.5. The van der Waals surface area contributed by atoms with Crippen molar-refractivity contribution < 1.29 is 51.8 Å². The Balaban J connectivity index is -0.0000000577. The molecule has 0 nitrogen and oxygen atoms in total. The van der Waals surface area contributed by atoms with Crippen LogP contribution in [0.2, 0.25) is 0 Å². The number of halogens is 13. The molecule has 0 bridgehead atoms. The monoisotopic (exact) mass is 405 g/mol. The van der Waals surface area contributed by atoms with E-state index in [1.165, 1.54) is 0 Å². The van der Waals surface area contributed by atoms with E-state index < -0.39 is 21.8 Å². The number of allylic oxidation sites excluding steroid dienone is 1. The van der Waals surface area contributed by atoms with Crippen LogP contribution < -0.4 is 0 Å². The molecule has 0 aliphatic heterocycles. The van der Waals surface area contributed by atoms with Crippen molar-refractivity contribution in [2.45, 2.75) is 13.8 Å². The Morgan fingerprint density at radius 1 is 0.636 bits per heavy atom. The summed E-state index contributed by atoms with van der Waals surface area (Å²) in [4.78, 5) is 0. The van der Waals surface area contributed by atoms with Crippen LogP contribution in [0.15, 0.2) is 11.6 Å². The summed E-state index contributed by atoms with van der Waals surface area (Å²) in [5.74, 6) is 0.586. The van der Waals surface area contributed by atoms with E-state index >= 15 is 0 Å². The Labute approximate surface area is 166 Å². The molecular weight excluding hydrogens is 395 g/mol. The van der Waals surface area contributed by atoms with E-state index in [1.807, 2.05) is 6.08 Å². The summed E-state index contributed by atoms with van der Waals surface area (Å²) in [6, 6.07) is 0. The van der Waals surface area contributed by atoms with E-state index in [9.17, 15) is 51.8 Å². The van der Waals surface area contributed by atoms with Crippen molar-refractivity contribution in [1.82, 2.24) is 0 Å². The van der Waals surface area contributed by atoms with Gasteiger partial charge in [0.1, 0.15) is 0 Å². The predicted molar refractivity (Wildman–Crippen MR) is 67.5 cm³/mol. The molecule has 0 rings (SSSR count). The van der Waals surface area contributed by atoms with E-state index in [0.717, 1.165) is 0 Å². The van der Waals surface area contributed by atoms with Gasteiger partial charge in [-0.05, 0) is 5.92 Å². The molecule has 0 N–H and O–H groups in total. The van der Waals surface area contributed by atoms with Gasteiger partial charge in [-0.25, -0.2) is 0 Å². The molecule has 0 atom stereocenters. The standard InChI is InChI=1S/C5H9Cl.3BF4.K.H/c1-5(2)3-4-6;3*2-1(3,4)5;;/h3-5H,1-2H3;;;;;/q;3*-1;;. The molecule has 0 aliphatic rings. The molecule has 134 valence electrons. The summed E-state index contributed by atoms with van der Waals surface area (Å²) >= 11 is 5.22. The Hall–Kier alpha value is 1.02. The SMILES string of the molecule is CC(C)C=CCl.F[B-](F)(F)F.F[B-](F)(F)F.F[B-](F)(F)F.[KH]. The molecule has 0 heterocycles. The van der Waals surface area contributed by atoms with Crippen molar-refractivity contribution in [3.8, 4) is 0 Å². The third-order valence-electron chi connectivity index (χ3n) is 0.458. The second kappa shape index (κ2) is 16.9. The van der Waals surface area contributed by atoms with Gasteiger partial charge in [0.2, 0.25) is 0 Å². The van der Waals surface area contributed by atoms with Crippen molar-refractivity contribution in [3.05, 3.63) is 11.6 Å². The third-order valence-corrected chi connectivity index (χ3v) is 0.603. The van der Waals surface area contributed by atoms with Crippen molar-refractivity contribution in [3.63, 3.8) is 0 Å². The Morgan fingerprint density at radius 3 is 0.773 bits per heavy atom. The second-order valence-corrected chi connectivity index (χ2v) is 3.30. The van der Waals surface area contributed by atoms with Crippen LogP contribution >= 0.6 is 11.6 Å². The number of rotatable bonds is 1. The van der Waals surface area contributed by atoms with Crippen molar-refractivity contribution in [1.29, 1.82) is 0 Å². The van der Waals surface area contributed by atoms with Gasteiger partial charge in [-0.1, -0.05) is 31.5 Å². The molecule has 0 saturated heterocycles. The first-order valence-electron chi connectivity index (χ1n) is 4.66. The van der Waals surface area contributed by atoms with Crippen LogP contribution in [-0.4, -0.2) is 73.1 Å². The summed E-state index contributed by atoms with van der Waals surface area (Å²) < 4.78 is 117. The molecule has 0 fully saturated rings. The van der Waals surface area contributed by atoms with Gasteiger partial charge in [0.05, 0.1) is 0 Å². The van der Waals surface area contributed by atoms with Crippen LogP contribution in [0.3, 0.4) is 0 Å². The van der Waals surface area contributed by atoms with Gasteiger partial charge in [0, 0.05) is 5.54 Å². The summed E-state index contributed by atoms with van der Waals surface area (Å²) in [6.07, 6.45) is 1.93. The molecule has 0 spiro atoms. The molecule has 0 aromatic rings. The van der Waals surface area contributed by atoms with Gasteiger partial charge in [0.25, 0.3) is 0 Å². The minimum atomic E-state index is -6.00. The van der Waals surface area contributed by atoms with E-state index in [4.69, 9.17) is 11.6 Å². The normalized spacial score (nSPS) is 11.3. The van der Waals surface area contributed by atoms with E-state index in [2.05, 4.69) is 13.8 Å². The van der Waals surface area contributed by atoms with Crippen LogP contribution in [-0.2, 0) is 0 Å². The summed E-state index contributed by atoms with van der Waals surface area (Å²) in [6.45, 7) is 4.16. The van der Waals surface area contributed by atoms with Gasteiger partial charge >= 0.3 is 73.1 Å². The van der Waals surface area contributed by atoms with Gasteiger partial charge in [-0.15, -0.1) is 0 Å². The Morgan fingerprint density at radius 2 is 0.773 bits per heavy atom. The zero-order valence-electron chi connectivity index (χ0n) is 10.4. The van der Waals surface area contributed by atoms with Crippen LogP contribution in [0, 0.1) is 5.92 Å². The van der Waals surface area contributed by atoms with Crippen LogP contribution in [0.25, 0.3) is 0 Å². The van der Waals surface area contributed by atoms with Crippen LogP contribution in [0.5, 0.6) is 0 Å². The summed E-state index contributed by atoms with van der Waals surface area (Å²) in [7, 11) is -18.0. The van der Waals surface area contributed by atoms with Crippen LogP contribution in [0.4, 0.5) is 51.8 Å². The molecule has 0 aromatic heterocycles. The quantitative estimate of drug-likeness (QED) is 0.391.